The molecule has 1 aromatic carbocycles. The molecule has 2 heterocycles. The van der Waals surface area contributed by atoms with E-state index in [1.807, 2.05) is 28.8 Å². The Morgan fingerprint density at radius 1 is 1.14 bits per heavy atom. The van der Waals surface area contributed by atoms with Crippen LogP contribution in [0, 0.1) is 0 Å². The number of hydrogen-bond acceptors (Lipinski definition) is 3. The highest BCUT2D eigenvalue weighted by Gasteiger charge is 2.06. The van der Waals surface area contributed by atoms with E-state index in [1.165, 1.54) is 0 Å². The lowest BCUT2D eigenvalue weighted by Crippen LogP contribution is -2.30. The van der Waals surface area contributed by atoms with Crippen LogP contribution in [0.2, 0.25) is 5.02 Å². The van der Waals surface area contributed by atoms with E-state index in [9.17, 15) is 4.79 Å². The fourth-order valence-electron chi connectivity index (χ4n) is 2.06. The van der Waals surface area contributed by atoms with Crippen molar-refractivity contribution in [3.63, 3.8) is 0 Å². The van der Waals surface area contributed by atoms with Crippen LogP contribution < -0.4 is 10.6 Å². The first-order chi connectivity index (χ1) is 10.7. The Morgan fingerprint density at radius 3 is 2.77 bits per heavy atom. The number of urea groups is 1. The van der Waals surface area contributed by atoms with Crippen LogP contribution in [0.1, 0.15) is 5.82 Å². The van der Waals surface area contributed by atoms with Crippen molar-refractivity contribution < 1.29 is 4.79 Å². The maximum atomic E-state index is 11.8. The van der Waals surface area contributed by atoms with Gasteiger partial charge in [-0.1, -0.05) is 17.7 Å². The summed E-state index contributed by atoms with van der Waals surface area (Å²) >= 11 is 5.79. The number of anilines is 1. The van der Waals surface area contributed by atoms with E-state index in [1.54, 1.807) is 24.3 Å². The van der Waals surface area contributed by atoms with Gasteiger partial charge in [-0.05, 0) is 36.4 Å². The summed E-state index contributed by atoms with van der Waals surface area (Å²) in [6.45, 7) is 0.467. The molecule has 2 aromatic heterocycles. The predicted octanol–water partition coefficient (Wildman–Crippen LogP) is 2.75. The molecule has 0 aliphatic heterocycles. The summed E-state index contributed by atoms with van der Waals surface area (Å²) in [5.41, 5.74) is 1.48. The highest BCUT2D eigenvalue weighted by atomic mass is 35.5. The zero-order valence-corrected chi connectivity index (χ0v) is 12.4. The number of amides is 2. The fraction of sp³-hybridized carbons (Fsp3) is 0.133. The van der Waals surface area contributed by atoms with Crippen molar-refractivity contribution in [2.45, 2.75) is 6.42 Å². The maximum absolute atomic E-state index is 11.8. The summed E-state index contributed by atoms with van der Waals surface area (Å²) in [4.78, 5) is 11.8. The Bertz CT molecular complexity index is 784. The third kappa shape index (κ3) is 3.35. The van der Waals surface area contributed by atoms with Gasteiger partial charge in [0.1, 0.15) is 5.82 Å². The van der Waals surface area contributed by atoms with Gasteiger partial charge in [0.2, 0.25) is 0 Å². The van der Waals surface area contributed by atoms with Gasteiger partial charge in [-0.3, -0.25) is 4.40 Å². The first kappa shape index (κ1) is 14.3. The lowest BCUT2D eigenvalue weighted by molar-refractivity contribution is 0.252. The standard InChI is InChI=1S/C15H14ClN5O/c16-11-4-6-12(7-5-11)18-15(22)17-9-8-14-20-19-13-3-1-2-10-21(13)14/h1-7,10H,8-9H2,(H2,17,18,22). The second-order valence-corrected chi connectivity index (χ2v) is 5.12. The van der Waals surface area contributed by atoms with Crippen molar-refractivity contribution in [1.29, 1.82) is 0 Å². The molecule has 0 saturated carbocycles. The van der Waals surface area contributed by atoms with Crippen molar-refractivity contribution in [3.05, 3.63) is 59.5 Å². The van der Waals surface area contributed by atoms with Crippen molar-refractivity contribution in [1.82, 2.24) is 19.9 Å². The number of carbonyl (C=O) groups is 1. The average Bonchev–Trinajstić information content (AvgIpc) is 2.93. The molecule has 112 valence electrons. The van der Waals surface area contributed by atoms with E-state index < -0.39 is 0 Å². The zero-order valence-electron chi connectivity index (χ0n) is 11.7. The number of nitrogens with one attached hydrogen (secondary N) is 2. The van der Waals surface area contributed by atoms with Crippen LogP contribution in [0.25, 0.3) is 5.65 Å². The van der Waals surface area contributed by atoms with E-state index in [-0.39, 0.29) is 6.03 Å². The summed E-state index contributed by atoms with van der Waals surface area (Å²) in [5, 5.41) is 14.3. The van der Waals surface area contributed by atoms with Crippen LogP contribution in [0.15, 0.2) is 48.7 Å². The third-order valence-corrected chi connectivity index (χ3v) is 3.37. The van der Waals surface area contributed by atoms with Crippen LogP contribution >= 0.6 is 11.6 Å². The summed E-state index contributed by atoms with van der Waals surface area (Å²) in [7, 11) is 0. The molecule has 0 aliphatic rings. The largest absolute Gasteiger partial charge is 0.337 e. The van der Waals surface area contributed by atoms with Crippen LogP contribution in [0.4, 0.5) is 10.5 Å². The highest BCUT2D eigenvalue weighted by Crippen LogP contribution is 2.13. The van der Waals surface area contributed by atoms with Crippen molar-refractivity contribution in [2.24, 2.45) is 0 Å². The molecule has 6 nitrogen and oxygen atoms in total. The Morgan fingerprint density at radius 2 is 1.95 bits per heavy atom. The molecule has 0 bridgehead atoms. The predicted molar refractivity (Wildman–Crippen MR) is 85.2 cm³/mol. The van der Waals surface area contributed by atoms with Gasteiger partial charge < -0.3 is 10.6 Å². The second-order valence-electron chi connectivity index (χ2n) is 4.68. The summed E-state index contributed by atoms with van der Waals surface area (Å²) in [6.07, 6.45) is 2.50. The third-order valence-electron chi connectivity index (χ3n) is 3.12. The van der Waals surface area contributed by atoms with Crippen LogP contribution in [-0.4, -0.2) is 27.2 Å². The lowest BCUT2D eigenvalue weighted by atomic mass is 10.3. The van der Waals surface area contributed by atoms with Crippen LogP contribution in [-0.2, 0) is 6.42 Å². The summed E-state index contributed by atoms with van der Waals surface area (Å²) < 4.78 is 1.90. The minimum atomic E-state index is -0.267. The molecule has 0 unspecified atom stereocenters. The number of pyridine rings is 1. The van der Waals surface area contributed by atoms with Gasteiger partial charge in [-0.25, -0.2) is 4.79 Å². The molecular weight excluding hydrogens is 302 g/mol. The summed E-state index contributed by atoms with van der Waals surface area (Å²) in [5.74, 6) is 0.808. The quantitative estimate of drug-likeness (QED) is 0.777. The Balaban J connectivity index is 1.52. The van der Waals surface area contributed by atoms with Crippen LogP contribution in [0.5, 0.6) is 0 Å². The number of halogens is 1. The number of aromatic nitrogens is 3. The van der Waals surface area contributed by atoms with Gasteiger partial charge in [0.05, 0.1) is 0 Å². The molecule has 2 amide bonds. The van der Waals surface area contributed by atoms with Gasteiger partial charge in [0, 0.05) is 29.9 Å². The topological polar surface area (TPSA) is 71.3 Å². The number of rotatable bonds is 4. The van der Waals surface area contributed by atoms with Gasteiger partial charge in [-0.2, -0.15) is 0 Å². The minimum Gasteiger partial charge on any atom is -0.337 e. The smallest absolute Gasteiger partial charge is 0.319 e. The van der Waals surface area contributed by atoms with E-state index in [0.717, 1.165) is 11.5 Å². The lowest BCUT2D eigenvalue weighted by Gasteiger charge is -2.07. The number of benzene rings is 1. The first-order valence-corrected chi connectivity index (χ1v) is 7.19. The Kier molecular flexibility index (Phi) is 4.20. The number of hydrogen-bond donors (Lipinski definition) is 2. The molecule has 0 aliphatic carbocycles. The zero-order chi connectivity index (χ0) is 15.4. The molecule has 7 heteroatoms. The van der Waals surface area contributed by atoms with E-state index in [2.05, 4.69) is 20.8 Å². The second kappa shape index (κ2) is 6.44. The number of nitrogens with zero attached hydrogens (tertiary/aromatic N) is 3. The molecule has 3 aromatic rings. The first-order valence-electron chi connectivity index (χ1n) is 6.81. The van der Waals surface area contributed by atoms with Crippen molar-refractivity contribution in [3.8, 4) is 0 Å². The average molecular weight is 316 g/mol. The summed E-state index contributed by atoms with van der Waals surface area (Å²) in [6, 6.07) is 12.4. The van der Waals surface area contributed by atoms with Crippen LogP contribution in [0.3, 0.4) is 0 Å². The molecule has 2 N–H and O–H groups in total. The normalized spacial score (nSPS) is 10.6. The van der Waals surface area contributed by atoms with Gasteiger partial charge in [-0.15, -0.1) is 10.2 Å². The van der Waals surface area contributed by atoms with Gasteiger partial charge in [0.25, 0.3) is 0 Å². The SMILES string of the molecule is O=C(NCCc1nnc2ccccn12)Nc1ccc(Cl)cc1. The van der Waals surface area contributed by atoms with E-state index in [0.29, 0.717) is 23.7 Å². The van der Waals surface area contributed by atoms with Gasteiger partial charge >= 0.3 is 6.03 Å². The molecule has 0 radical (unpaired) electrons. The van der Waals surface area contributed by atoms with Crippen molar-refractivity contribution in [2.75, 3.05) is 11.9 Å². The van der Waals surface area contributed by atoms with Crippen molar-refractivity contribution >= 4 is 29.0 Å². The molecule has 0 spiro atoms. The highest BCUT2D eigenvalue weighted by molar-refractivity contribution is 6.30. The maximum Gasteiger partial charge on any atom is 0.319 e. The van der Waals surface area contributed by atoms with E-state index in [4.69, 9.17) is 11.6 Å². The minimum absolute atomic E-state index is 0.267. The Hall–Kier alpha value is -2.60. The Labute approximate surface area is 132 Å². The van der Waals surface area contributed by atoms with E-state index >= 15 is 0 Å². The van der Waals surface area contributed by atoms with Gasteiger partial charge in [0.15, 0.2) is 5.65 Å². The monoisotopic (exact) mass is 315 g/mol. The molecule has 0 fully saturated rings. The molecule has 0 saturated heterocycles. The number of fused-ring (bicyclic) bond motifs is 1. The fourth-order valence-corrected chi connectivity index (χ4v) is 2.18. The molecule has 0 atom stereocenters. The molecular formula is C15H14ClN5O. The molecule has 22 heavy (non-hydrogen) atoms. The molecule has 3 rings (SSSR count). The number of carbonyl (C=O) groups excluding carboxylic acids is 1.